The highest BCUT2D eigenvalue weighted by molar-refractivity contribution is 6.08. The first-order valence-electron chi connectivity index (χ1n) is 5.10. The van der Waals surface area contributed by atoms with Crippen molar-refractivity contribution in [1.82, 2.24) is 0 Å². The van der Waals surface area contributed by atoms with Crippen LogP contribution < -0.4 is 5.73 Å². The highest BCUT2D eigenvalue weighted by Gasteiger charge is 2.39. The van der Waals surface area contributed by atoms with Crippen molar-refractivity contribution in [3.63, 3.8) is 0 Å². The van der Waals surface area contributed by atoms with Crippen LogP contribution in [0, 0.1) is 0 Å². The molecule has 0 aliphatic rings. The minimum absolute atomic E-state index is 0.0531. The molecule has 86 valence electrons. The monoisotopic (exact) mass is 221 g/mol. The van der Waals surface area contributed by atoms with Gasteiger partial charge in [0.05, 0.1) is 0 Å². The second kappa shape index (κ2) is 4.90. The van der Waals surface area contributed by atoms with Gasteiger partial charge in [-0.05, 0) is 12.0 Å². The van der Waals surface area contributed by atoms with Crippen LogP contribution >= 0.6 is 0 Å². The Kier molecular flexibility index (Phi) is 3.79. The Morgan fingerprint density at radius 3 is 2.31 bits per heavy atom. The summed E-state index contributed by atoms with van der Waals surface area (Å²) in [6.07, 6.45) is 0.144. The summed E-state index contributed by atoms with van der Waals surface area (Å²) in [5, 5.41) is 8.94. The van der Waals surface area contributed by atoms with Crippen LogP contribution in [0.2, 0.25) is 0 Å². The Morgan fingerprint density at radius 1 is 1.31 bits per heavy atom. The molecule has 4 heteroatoms. The van der Waals surface area contributed by atoms with Crippen molar-refractivity contribution in [3.8, 4) is 0 Å². The second-order valence-corrected chi connectivity index (χ2v) is 3.72. The van der Waals surface area contributed by atoms with Crippen LogP contribution in [0.4, 0.5) is 0 Å². The molecule has 0 bridgehead atoms. The SMILES string of the molecule is CCC(N)(C(=O)O)C(=O)Cc1ccccc1. The molecule has 3 N–H and O–H groups in total. The highest BCUT2D eigenvalue weighted by atomic mass is 16.4. The Balaban J connectivity index is 2.83. The van der Waals surface area contributed by atoms with E-state index in [1.54, 1.807) is 31.2 Å². The van der Waals surface area contributed by atoms with Crippen molar-refractivity contribution >= 4 is 11.8 Å². The summed E-state index contributed by atoms with van der Waals surface area (Å²) in [6.45, 7) is 1.59. The van der Waals surface area contributed by atoms with Crippen LogP contribution in [0.3, 0.4) is 0 Å². The molecule has 0 heterocycles. The van der Waals surface area contributed by atoms with Crippen LogP contribution in [0.15, 0.2) is 30.3 Å². The number of nitrogens with two attached hydrogens (primary N) is 1. The molecule has 4 nitrogen and oxygen atoms in total. The van der Waals surface area contributed by atoms with Gasteiger partial charge in [-0.1, -0.05) is 37.3 Å². The standard InChI is InChI=1S/C12H15NO3/c1-2-12(13,11(15)16)10(14)8-9-6-4-3-5-7-9/h3-7H,2,8,13H2,1H3,(H,15,16). The third-order valence-corrected chi connectivity index (χ3v) is 2.64. The summed E-state index contributed by atoms with van der Waals surface area (Å²) in [5.74, 6) is -1.73. The number of benzene rings is 1. The van der Waals surface area contributed by atoms with E-state index in [1.807, 2.05) is 6.07 Å². The number of hydrogen-bond acceptors (Lipinski definition) is 3. The maximum absolute atomic E-state index is 11.8. The minimum atomic E-state index is -1.77. The molecule has 1 atom stereocenters. The topological polar surface area (TPSA) is 80.4 Å². The number of carbonyl (C=O) groups is 2. The zero-order chi connectivity index (χ0) is 12.2. The lowest BCUT2D eigenvalue weighted by Gasteiger charge is -2.21. The van der Waals surface area contributed by atoms with Crippen LogP contribution in [-0.2, 0) is 16.0 Å². The normalized spacial score (nSPS) is 14.1. The Labute approximate surface area is 94.1 Å². The molecular formula is C12H15NO3. The zero-order valence-corrected chi connectivity index (χ0v) is 9.14. The molecular weight excluding hydrogens is 206 g/mol. The summed E-state index contributed by atoms with van der Waals surface area (Å²) >= 11 is 0. The first kappa shape index (κ1) is 12.4. The molecule has 1 unspecified atom stereocenters. The fourth-order valence-corrected chi connectivity index (χ4v) is 1.41. The van der Waals surface area contributed by atoms with Gasteiger partial charge in [-0.3, -0.25) is 4.79 Å². The van der Waals surface area contributed by atoms with Gasteiger partial charge in [-0.25, -0.2) is 4.79 Å². The van der Waals surface area contributed by atoms with Crippen molar-refractivity contribution < 1.29 is 14.7 Å². The van der Waals surface area contributed by atoms with Gasteiger partial charge in [-0.2, -0.15) is 0 Å². The Morgan fingerprint density at radius 2 is 1.88 bits per heavy atom. The molecule has 0 aliphatic carbocycles. The average molecular weight is 221 g/mol. The molecule has 0 saturated heterocycles. The first-order valence-corrected chi connectivity index (χ1v) is 5.10. The lowest BCUT2D eigenvalue weighted by atomic mass is 9.88. The van der Waals surface area contributed by atoms with Gasteiger partial charge in [0.1, 0.15) is 0 Å². The molecule has 1 aromatic carbocycles. The number of Topliss-reactive ketones (excluding diaryl/α,β-unsaturated/α-hetero) is 1. The van der Waals surface area contributed by atoms with E-state index in [-0.39, 0.29) is 12.8 Å². The smallest absolute Gasteiger partial charge is 0.331 e. The van der Waals surface area contributed by atoms with E-state index in [0.29, 0.717) is 0 Å². The number of carboxylic acid groups (broad SMARTS) is 1. The fourth-order valence-electron chi connectivity index (χ4n) is 1.41. The quantitative estimate of drug-likeness (QED) is 0.726. The Bertz CT molecular complexity index is 389. The van der Waals surface area contributed by atoms with E-state index in [1.165, 1.54) is 0 Å². The van der Waals surface area contributed by atoms with Crippen molar-refractivity contribution in [1.29, 1.82) is 0 Å². The van der Waals surface area contributed by atoms with Gasteiger partial charge < -0.3 is 10.8 Å². The summed E-state index contributed by atoms with van der Waals surface area (Å²) in [6, 6.07) is 8.98. The van der Waals surface area contributed by atoms with Gasteiger partial charge in [0, 0.05) is 6.42 Å². The molecule has 1 aromatic rings. The largest absolute Gasteiger partial charge is 0.480 e. The predicted octanol–water partition coefficient (Wildman–Crippen LogP) is 0.990. The zero-order valence-electron chi connectivity index (χ0n) is 9.14. The predicted molar refractivity (Wildman–Crippen MR) is 60.0 cm³/mol. The molecule has 0 aromatic heterocycles. The van der Waals surface area contributed by atoms with Crippen LogP contribution in [0.25, 0.3) is 0 Å². The first-order chi connectivity index (χ1) is 7.50. The van der Waals surface area contributed by atoms with Gasteiger partial charge >= 0.3 is 5.97 Å². The summed E-state index contributed by atoms with van der Waals surface area (Å²) in [5.41, 5.74) is 4.59. The van der Waals surface area contributed by atoms with Gasteiger partial charge in [-0.15, -0.1) is 0 Å². The highest BCUT2D eigenvalue weighted by Crippen LogP contribution is 2.12. The molecule has 16 heavy (non-hydrogen) atoms. The van der Waals surface area contributed by atoms with Crippen molar-refractivity contribution in [2.45, 2.75) is 25.3 Å². The number of rotatable bonds is 5. The molecule has 0 radical (unpaired) electrons. The van der Waals surface area contributed by atoms with Crippen molar-refractivity contribution in [2.24, 2.45) is 5.73 Å². The third-order valence-electron chi connectivity index (χ3n) is 2.64. The molecule has 0 aliphatic heterocycles. The van der Waals surface area contributed by atoms with Crippen molar-refractivity contribution in [3.05, 3.63) is 35.9 Å². The van der Waals surface area contributed by atoms with Gasteiger partial charge in [0.25, 0.3) is 0 Å². The molecule has 1 rings (SSSR count). The van der Waals surface area contributed by atoms with E-state index in [9.17, 15) is 9.59 Å². The lowest BCUT2D eigenvalue weighted by Crippen LogP contribution is -2.55. The maximum Gasteiger partial charge on any atom is 0.331 e. The van der Waals surface area contributed by atoms with E-state index in [4.69, 9.17) is 10.8 Å². The van der Waals surface area contributed by atoms with Crippen LogP contribution in [0.1, 0.15) is 18.9 Å². The van der Waals surface area contributed by atoms with E-state index in [0.717, 1.165) is 5.56 Å². The number of hydrogen-bond donors (Lipinski definition) is 2. The third kappa shape index (κ3) is 2.46. The van der Waals surface area contributed by atoms with Crippen LogP contribution in [0.5, 0.6) is 0 Å². The summed E-state index contributed by atoms with van der Waals surface area (Å²) in [4.78, 5) is 22.7. The van der Waals surface area contributed by atoms with Crippen LogP contribution in [-0.4, -0.2) is 22.4 Å². The molecule has 0 fully saturated rings. The maximum atomic E-state index is 11.8. The van der Waals surface area contributed by atoms with Gasteiger partial charge in [0.15, 0.2) is 11.3 Å². The number of ketones is 1. The summed E-state index contributed by atoms with van der Waals surface area (Å²) < 4.78 is 0. The molecule has 0 saturated carbocycles. The lowest BCUT2D eigenvalue weighted by molar-refractivity contribution is -0.148. The minimum Gasteiger partial charge on any atom is -0.480 e. The molecule has 0 amide bonds. The van der Waals surface area contributed by atoms with Gasteiger partial charge in [0.2, 0.25) is 0 Å². The Hall–Kier alpha value is -1.68. The number of aliphatic carboxylic acids is 1. The number of carboxylic acids is 1. The average Bonchev–Trinajstić information content (AvgIpc) is 2.28. The van der Waals surface area contributed by atoms with E-state index >= 15 is 0 Å². The second-order valence-electron chi connectivity index (χ2n) is 3.72. The number of carbonyl (C=O) groups excluding carboxylic acids is 1. The van der Waals surface area contributed by atoms with Crippen molar-refractivity contribution in [2.75, 3.05) is 0 Å². The van der Waals surface area contributed by atoms with E-state index in [2.05, 4.69) is 0 Å². The van der Waals surface area contributed by atoms with E-state index < -0.39 is 17.3 Å². The molecule has 0 spiro atoms. The fraction of sp³-hybridized carbons (Fsp3) is 0.333. The summed E-state index contributed by atoms with van der Waals surface area (Å²) in [7, 11) is 0.